The van der Waals surface area contributed by atoms with Crippen LogP contribution in [0.3, 0.4) is 0 Å². The van der Waals surface area contributed by atoms with Crippen molar-refractivity contribution in [2.75, 3.05) is 27.8 Å². The molecular formula is C22H35N5O4. The van der Waals surface area contributed by atoms with E-state index in [-0.39, 0.29) is 22.8 Å². The predicted molar refractivity (Wildman–Crippen MR) is 120 cm³/mol. The van der Waals surface area contributed by atoms with Crippen LogP contribution in [0.15, 0.2) is 29.4 Å². The van der Waals surface area contributed by atoms with E-state index in [9.17, 15) is 9.59 Å². The van der Waals surface area contributed by atoms with Gasteiger partial charge in [0.2, 0.25) is 11.8 Å². The molecule has 0 unspecified atom stereocenters. The molecule has 0 radical (unpaired) electrons. The normalized spacial score (nSPS) is 11.6. The summed E-state index contributed by atoms with van der Waals surface area (Å²) in [5.41, 5.74) is 5.59. The molecule has 172 valence electrons. The van der Waals surface area contributed by atoms with Gasteiger partial charge in [-0.05, 0) is 38.5 Å². The van der Waals surface area contributed by atoms with Gasteiger partial charge in [-0.3, -0.25) is 15.1 Å². The van der Waals surface area contributed by atoms with E-state index < -0.39 is 5.97 Å². The molecular weight excluding hydrogens is 398 g/mol. The van der Waals surface area contributed by atoms with Crippen molar-refractivity contribution in [1.82, 2.24) is 9.58 Å². The van der Waals surface area contributed by atoms with E-state index in [2.05, 4.69) is 5.10 Å². The standard InChI is InChI=1S/C22H35N5O4/c1-5-12-19(26(2)20(28)13-10-8-6-7-9-11-14-23)25-27-18(24)15-17(22(29)31-4)16-21(27)30-3/h5,12,15-16,24H,6-11,13-14,23H2,1-4H3/b12-5-,24-18?,25-19+. The van der Waals surface area contributed by atoms with Gasteiger partial charge >= 0.3 is 5.97 Å². The quantitative estimate of drug-likeness (QED) is 0.227. The van der Waals surface area contributed by atoms with E-state index in [0.29, 0.717) is 12.3 Å². The number of unbranched alkanes of at least 4 members (excludes halogenated alkanes) is 5. The molecule has 0 aliphatic rings. The van der Waals surface area contributed by atoms with Gasteiger partial charge in [-0.25, -0.2) is 4.79 Å². The van der Waals surface area contributed by atoms with Gasteiger partial charge in [0.15, 0.2) is 11.3 Å². The molecule has 0 saturated carbocycles. The molecule has 0 atom stereocenters. The molecule has 1 rings (SSSR count). The number of pyridine rings is 1. The fraction of sp³-hybridized carbons (Fsp3) is 0.545. The van der Waals surface area contributed by atoms with Gasteiger partial charge in [-0.2, -0.15) is 4.68 Å². The Morgan fingerprint density at radius 2 is 1.81 bits per heavy atom. The molecule has 0 fully saturated rings. The summed E-state index contributed by atoms with van der Waals surface area (Å²) < 4.78 is 11.2. The Morgan fingerprint density at radius 3 is 2.39 bits per heavy atom. The third kappa shape index (κ3) is 8.37. The van der Waals surface area contributed by atoms with E-state index in [0.717, 1.165) is 45.1 Å². The minimum atomic E-state index is -0.577. The largest absolute Gasteiger partial charge is 0.481 e. The number of amidine groups is 1. The minimum Gasteiger partial charge on any atom is -0.481 e. The molecule has 3 N–H and O–H groups in total. The lowest BCUT2D eigenvalue weighted by Gasteiger charge is -2.18. The second-order valence-corrected chi connectivity index (χ2v) is 7.05. The van der Waals surface area contributed by atoms with Crippen LogP contribution in [0.25, 0.3) is 0 Å². The Bertz CT molecular complexity index is 845. The van der Waals surface area contributed by atoms with Crippen molar-refractivity contribution in [3.8, 4) is 5.88 Å². The van der Waals surface area contributed by atoms with Crippen molar-refractivity contribution in [1.29, 1.82) is 5.41 Å². The summed E-state index contributed by atoms with van der Waals surface area (Å²) in [6.45, 7) is 2.55. The molecule has 31 heavy (non-hydrogen) atoms. The number of hydrogen-bond acceptors (Lipinski definition) is 7. The number of aromatic nitrogens is 1. The predicted octanol–water partition coefficient (Wildman–Crippen LogP) is 2.65. The number of carbonyl (C=O) groups excluding carboxylic acids is 2. The summed E-state index contributed by atoms with van der Waals surface area (Å²) in [7, 11) is 4.34. The van der Waals surface area contributed by atoms with Crippen LogP contribution in [0.2, 0.25) is 0 Å². The second-order valence-electron chi connectivity index (χ2n) is 7.05. The first-order valence-corrected chi connectivity index (χ1v) is 10.5. The topological polar surface area (TPSA) is 123 Å². The van der Waals surface area contributed by atoms with Crippen molar-refractivity contribution >= 4 is 17.7 Å². The maximum absolute atomic E-state index is 12.7. The van der Waals surface area contributed by atoms with Gasteiger partial charge < -0.3 is 15.2 Å². The van der Waals surface area contributed by atoms with Crippen LogP contribution >= 0.6 is 0 Å². The zero-order chi connectivity index (χ0) is 23.2. The average molecular weight is 434 g/mol. The van der Waals surface area contributed by atoms with E-state index in [1.807, 2.05) is 6.92 Å². The molecule has 9 nitrogen and oxygen atoms in total. The number of likely N-dealkylation sites (N-methyl/N-ethyl adjacent to an activating group) is 1. The molecule has 1 amide bonds. The van der Waals surface area contributed by atoms with Crippen LogP contribution in [0.5, 0.6) is 5.88 Å². The van der Waals surface area contributed by atoms with E-state index in [4.69, 9.17) is 20.6 Å². The number of ether oxygens (including phenoxy) is 2. The highest BCUT2D eigenvalue weighted by Crippen LogP contribution is 2.13. The lowest BCUT2D eigenvalue weighted by atomic mass is 10.1. The van der Waals surface area contributed by atoms with Gasteiger partial charge in [0.25, 0.3) is 0 Å². The summed E-state index contributed by atoms with van der Waals surface area (Å²) in [4.78, 5) is 25.9. The highest BCUT2D eigenvalue weighted by Gasteiger charge is 2.16. The SMILES string of the molecule is C/C=C\C(=N/n1c(OC)cc(C(=O)OC)cc1=N)N(C)C(=O)CCCCCCCCN. The monoisotopic (exact) mass is 433 g/mol. The number of amides is 1. The fourth-order valence-electron chi connectivity index (χ4n) is 2.93. The maximum Gasteiger partial charge on any atom is 0.338 e. The Hall–Kier alpha value is -2.94. The summed E-state index contributed by atoms with van der Waals surface area (Å²) >= 11 is 0. The number of hydrogen-bond donors (Lipinski definition) is 2. The Labute approximate surface area is 184 Å². The molecule has 1 heterocycles. The third-order valence-corrected chi connectivity index (χ3v) is 4.72. The number of nitrogens with zero attached hydrogens (tertiary/aromatic N) is 3. The number of methoxy groups -OCH3 is 2. The van der Waals surface area contributed by atoms with Crippen LogP contribution in [0, 0.1) is 5.41 Å². The summed E-state index contributed by atoms with van der Waals surface area (Å²) in [5, 5.41) is 12.7. The van der Waals surface area contributed by atoms with Crippen molar-refractivity contribution < 1.29 is 19.1 Å². The van der Waals surface area contributed by atoms with Crippen LogP contribution in [-0.2, 0) is 9.53 Å². The van der Waals surface area contributed by atoms with Gasteiger partial charge in [-0.15, -0.1) is 5.10 Å². The van der Waals surface area contributed by atoms with Crippen molar-refractivity contribution in [2.45, 2.75) is 51.9 Å². The number of allylic oxidation sites excluding steroid dienone is 1. The van der Waals surface area contributed by atoms with Crippen molar-refractivity contribution in [3.63, 3.8) is 0 Å². The van der Waals surface area contributed by atoms with Crippen LogP contribution in [0.4, 0.5) is 0 Å². The van der Waals surface area contributed by atoms with Gasteiger partial charge in [0.05, 0.1) is 19.8 Å². The fourth-order valence-corrected chi connectivity index (χ4v) is 2.93. The average Bonchev–Trinajstić information content (AvgIpc) is 2.77. The summed E-state index contributed by atoms with van der Waals surface area (Å²) in [5.74, 6) is -0.102. The highest BCUT2D eigenvalue weighted by molar-refractivity contribution is 6.03. The van der Waals surface area contributed by atoms with Crippen LogP contribution < -0.4 is 16.0 Å². The third-order valence-electron chi connectivity index (χ3n) is 4.72. The summed E-state index contributed by atoms with van der Waals surface area (Å²) in [6.07, 6.45) is 10.1. The lowest BCUT2D eigenvalue weighted by Crippen LogP contribution is -2.33. The number of carbonyl (C=O) groups is 2. The molecule has 0 aromatic carbocycles. The minimum absolute atomic E-state index is 0.0592. The van der Waals surface area contributed by atoms with E-state index in [1.165, 1.54) is 35.9 Å². The molecule has 1 aromatic rings. The van der Waals surface area contributed by atoms with Crippen molar-refractivity contribution in [3.05, 3.63) is 35.3 Å². The highest BCUT2D eigenvalue weighted by atomic mass is 16.5. The lowest BCUT2D eigenvalue weighted by molar-refractivity contribution is -0.126. The zero-order valence-corrected chi connectivity index (χ0v) is 19.0. The zero-order valence-electron chi connectivity index (χ0n) is 19.0. The Morgan fingerprint density at radius 1 is 1.16 bits per heavy atom. The first kappa shape index (κ1) is 26.1. The smallest absolute Gasteiger partial charge is 0.338 e. The van der Waals surface area contributed by atoms with Crippen molar-refractivity contribution in [2.24, 2.45) is 10.8 Å². The molecule has 0 aliphatic carbocycles. The van der Waals surface area contributed by atoms with Crippen LogP contribution in [-0.4, -0.2) is 55.1 Å². The molecule has 0 aliphatic heterocycles. The molecule has 0 bridgehead atoms. The molecule has 1 aromatic heterocycles. The Kier molecular flexibility index (Phi) is 11.9. The van der Waals surface area contributed by atoms with Crippen LogP contribution in [0.1, 0.15) is 62.2 Å². The van der Waals surface area contributed by atoms with E-state index >= 15 is 0 Å². The molecule has 0 saturated heterocycles. The first-order valence-electron chi connectivity index (χ1n) is 10.5. The Balaban J connectivity index is 2.96. The van der Waals surface area contributed by atoms with Gasteiger partial charge in [0, 0.05) is 19.5 Å². The molecule has 0 spiro atoms. The second kappa shape index (κ2) is 14.1. The number of esters is 1. The number of nitrogens with one attached hydrogen (secondary N) is 1. The number of nitrogens with two attached hydrogens (primary N) is 1. The van der Waals surface area contributed by atoms with Gasteiger partial charge in [-0.1, -0.05) is 31.8 Å². The molecule has 9 heteroatoms. The summed E-state index contributed by atoms with van der Waals surface area (Å²) in [6, 6.07) is 2.77. The first-order chi connectivity index (χ1) is 14.9. The van der Waals surface area contributed by atoms with E-state index in [1.54, 1.807) is 19.2 Å². The van der Waals surface area contributed by atoms with Gasteiger partial charge in [0.1, 0.15) is 0 Å². The number of rotatable bonds is 12. The maximum atomic E-state index is 12.7.